The standard InChI is InChI=1S/C10H14F3NO2/c11-10(12,13)9(2-3-14-6-9)8(15)7-1-4-16-5-7/h7,14H,1-6H2. The van der Waals surface area contributed by atoms with Crippen LogP contribution in [-0.2, 0) is 9.53 Å². The number of ether oxygens (including phenoxy) is 1. The van der Waals surface area contributed by atoms with Gasteiger partial charge in [0.15, 0.2) is 5.78 Å². The first kappa shape index (κ1) is 11.9. The molecule has 2 aliphatic rings. The van der Waals surface area contributed by atoms with E-state index >= 15 is 0 Å². The Labute approximate surface area is 91.3 Å². The summed E-state index contributed by atoms with van der Waals surface area (Å²) in [5, 5.41) is 2.64. The molecule has 0 aromatic carbocycles. The lowest BCUT2D eigenvalue weighted by molar-refractivity contribution is -0.216. The summed E-state index contributed by atoms with van der Waals surface area (Å²) < 4.78 is 44.0. The molecule has 2 heterocycles. The van der Waals surface area contributed by atoms with E-state index in [2.05, 4.69) is 5.32 Å². The Kier molecular flexibility index (Phi) is 2.96. The van der Waals surface area contributed by atoms with Gasteiger partial charge in [0, 0.05) is 19.1 Å². The van der Waals surface area contributed by atoms with Gasteiger partial charge in [-0.1, -0.05) is 0 Å². The summed E-state index contributed by atoms with van der Waals surface area (Å²) in [7, 11) is 0. The van der Waals surface area contributed by atoms with Gasteiger partial charge in [0.1, 0.15) is 5.41 Å². The van der Waals surface area contributed by atoms with Crippen LogP contribution >= 0.6 is 0 Å². The molecular weight excluding hydrogens is 223 g/mol. The number of alkyl halides is 3. The van der Waals surface area contributed by atoms with Gasteiger partial charge >= 0.3 is 6.18 Å². The lowest BCUT2D eigenvalue weighted by Crippen LogP contribution is -2.49. The van der Waals surface area contributed by atoms with Crippen molar-refractivity contribution in [3.63, 3.8) is 0 Å². The first-order valence-electron chi connectivity index (χ1n) is 5.37. The van der Waals surface area contributed by atoms with Crippen LogP contribution in [0, 0.1) is 11.3 Å². The minimum Gasteiger partial charge on any atom is -0.381 e. The fourth-order valence-corrected chi connectivity index (χ4v) is 2.42. The Morgan fingerprint density at radius 3 is 2.62 bits per heavy atom. The molecule has 0 aromatic heterocycles. The van der Waals surface area contributed by atoms with Crippen LogP contribution in [0.15, 0.2) is 0 Å². The van der Waals surface area contributed by atoms with Crippen molar-refractivity contribution in [2.45, 2.75) is 19.0 Å². The van der Waals surface area contributed by atoms with Crippen LogP contribution in [0.2, 0.25) is 0 Å². The molecule has 0 spiro atoms. The monoisotopic (exact) mass is 237 g/mol. The first-order valence-corrected chi connectivity index (χ1v) is 5.37. The van der Waals surface area contributed by atoms with Crippen molar-refractivity contribution in [3.05, 3.63) is 0 Å². The maximum atomic E-state index is 13.0. The molecule has 0 radical (unpaired) electrons. The van der Waals surface area contributed by atoms with Crippen molar-refractivity contribution in [1.29, 1.82) is 0 Å². The zero-order valence-electron chi connectivity index (χ0n) is 8.77. The van der Waals surface area contributed by atoms with Crippen LogP contribution in [0.3, 0.4) is 0 Å². The Morgan fingerprint density at radius 2 is 2.19 bits per heavy atom. The van der Waals surface area contributed by atoms with Gasteiger partial charge in [0.2, 0.25) is 0 Å². The SMILES string of the molecule is O=C(C1CCOC1)C1(C(F)(F)F)CCNC1. The van der Waals surface area contributed by atoms with Crippen LogP contribution in [-0.4, -0.2) is 38.3 Å². The van der Waals surface area contributed by atoms with Gasteiger partial charge in [-0.25, -0.2) is 0 Å². The normalized spacial score (nSPS) is 35.6. The average Bonchev–Trinajstić information content (AvgIpc) is 2.88. The maximum absolute atomic E-state index is 13.0. The molecule has 3 nitrogen and oxygen atoms in total. The second kappa shape index (κ2) is 4.00. The van der Waals surface area contributed by atoms with Crippen LogP contribution < -0.4 is 5.32 Å². The molecule has 2 rings (SSSR count). The van der Waals surface area contributed by atoms with E-state index < -0.39 is 23.3 Å². The predicted octanol–water partition coefficient (Wildman–Crippen LogP) is 1.13. The van der Waals surface area contributed by atoms with Gasteiger partial charge in [-0.3, -0.25) is 4.79 Å². The summed E-state index contributed by atoms with van der Waals surface area (Å²) in [4.78, 5) is 12.0. The minimum absolute atomic E-state index is 0.136. The topological polar surface area (TPSA) is 38.3 Å². The smallest absolute Gasteiger partial charge is 0.381 e. The number of nitrogens with one attached hydrogen (secondary N) is 1. The van der Waals surface area contributed by atoms with Gasteiger partial charge in [-0.05, 0) is 19.4 Å². The minimum atomic E-state index is -4.46. The molecular formula is C10H14F3NO2. The highest BCUT2D eigenvalue weighted by molar-refractivity contribution is 5.88. The van der Waals surface area contributed by atoms with Gasteiger partial charge < -0.3 is 10.1 Å². The Hall–Kier alpha value is -0.620. The van der Waals surface area contributed by atoms with Crippen molar-refractivity contribution in [3.8, 4) is 0 Å². The molecule has 0 aliphatic carbocycles. The van der Waals surface area contributed by atoms with E-state index in [1.807, 2.05) is 0 Å². The largest absolute Gasteiger partial charge is 0.402 e. The Balaban J connectivity index is 2.22. The third-order valence-corrected chi connectivity index (χ3v) is 3.47. The summed E-state index contributed by atoms with van der Waals surface area (Å²) in [6.45, 7) is 0.485. The lowest BCUT2D eigenvalue weighted by atomic mass is 9.76. The molecule has 0 saturated carbocycles. The predicted molar refractivity (Wildman–Crippen MR) is 49.9 cm³/mol. The molecule has 0 aromatic rings. The summed E-state index contributed by atoms with van der Waals surface area (Å²) in [5.41, 5.74) is -2.18. The van der Waals surface area contributed by atoms with E-state index in [4.69, 9.17) is 4.74 Å². The number of carbonyl (C=O) groups is 1. The van der Waals surface area contributed by atoms with Crippen LogP contribution in [0.5, 0.6) is 0 Å². The average molecular weight is 237 g/mol. The van der Waals surface area contributed by atoms with Crippen molar-refractivity contribution >= 4 is 5.78 Å². The Morgan fingerprint density at radius 1 is 1.44 bits per heavy atom. The summed E-state index contributed by atoms with van der Waals surface area (Å²) in [6.07, 6.45) is -4.20. The molecule has 2 atom stereocenters. The number of ketones is 1. The molecule has 0 amide bonds. The number of rotatable bonds is 2. The van der Waals surface area contributed by atoms with E-state index in [0.717, 1.165) is 0 Å². The molecule has 2 unspecified atom stereocenters. The fraction of sp³-hybridized carbons (Fsp3) is 0.900. The zero-order valence-corrected chi connectivity index (χ0v) is 8.77. The molecule has 0 bridgehead atoms. The molecule has 2 fully saturated rings. The number of Topliss-reactive ketones (excluding diaryl/α,β-unsaturated/α-hetero) is 1. The molecule has 1 N–H and O–H groups in total. The van der Waals surface area contributed by atoms with Crippen molar-refractivity contribution < 1.29 is 22.7 Å². The van der Waals surface area contributed by atoms with E-state index in [1.165, 1.54) is 0 Å². The Bertz CT molecular complexity index is 278. The van der Waals surface area contributed by atoms with Gasteiger partial charge in [0.05, 0.1) is 6.61 Å². The van der Waals surface area contributed by atoms with Crippen LogP contribution in [0.25, 0.3) is 0 Å². The van der Waals surface area contributed by atoms with Crippen LogP contribution in [0.1, 0.15) is 12.8 Å². The summed E-state index contributed by atoms with van der Waals surface area (Å²) in [5.74, 6) is -1.27. The quantitative estimate of drug-likeness (QED) is 0.782. The molecule has 6 heteroatoms. The highest BCUT2D eigenvalue weighted by Crippen LogP contribution is 2.46. The van der Waals surface area contributed by atoms with E-state index in [0.29, 0.717) is 13.0 Å². The van der Waals surface area contributed by atoms with Gasteiger partial charge in [-0.2, -0.15) is 13.2 Å². The van der Waals surface area contributed by atoms with Gasteiger partial charge in [0.25, 0.3) is 0 Å². The lowest BCUT2D eigenvalue weighted by Gasteiger charge is -2.31. The molecule has 2 saturated heterocycles. The molecule has 2 aliphatic heterocycles. The maximum Gasteiger partial charge on any atom is 0.402 e. The van der Waals surface area contributed by atoms with Gasteiger partial charge in [-0.15, -0.1) is 0 Å². The zero-order chi connectivity index (χ0) is 11.8. The third-order valence-electron chi connectivity index (χ3n) is 3.47. The number of halogens is 3. The number of hydrogen-bond acceptors (Lipinski definition) is 3. The number of carbonyl (C=O) groups excluding carboxylic acids is 1. The van der Waals surface area contributed by atoms with Crippen molar-refractivity contribution in [2.75, 3.05) is 26.3 Å². The van der Waals surface area contributed by atoms with Crippen molar-refractivity contribution in [1.82, 2.24) is 5.32 Å². The highest BCUT2D eigenvalue weighted by atomic mass is 19.4. The molecule has 92 valence electrons. The first-order chi connectivity index (χ1) is 7.47. The van der Waals surface area contributed by atoms with Crippen molar-refractivity contribution in [2.24, 2.45) is 11.3 Å². The highest BCUT2D eigenvalue weighted by Gasteiger charge is 2.62. The number of hydrogen-bond donors (Lipinski definition) is 1. The van der Waals surface area contributed by atoms with E-state index in [1.54, 1.807) is 0 Å². The second-order valence-electron chi connectivity index (χ2n) is 4.43. The van der Waals surface area contributed by atoms with E-state index in [-0.39, 0.29) is 26.1 Å². The second-order valence-corrected chi connectivity index (χ2v) is 4.43. The fourth-order valence-electron chi connectivity index (χ4n) is 2.42. The summed E-state index contributed by atoms with van der Waals surface area (Å²) >= 11 is 0. The molecule has 16 heavy (non-hydrogen) atoms. The van der Waals surface area contributed by atoms with E-state index in [9.17, 15) is 18.0 Å². The summed E-state index contributed by atoms with van der Waals surface area (Å²) in [6, 6.07) is 0. The third kappa shape index (κ3) is 1.73. The van der Waals surface area contributed by atoms with Crippen LogP contribution in [0.4, 0.5) is 13.2 Å².